The third-order valence-corrected chi connectivity index (χ3v) is 7.98. The van der Waals surface area contributed by atoms with Crippen LogP contribution in [0.1, 0.15) is 29.8 Å². The van der Waals surface area contributed by atoms with Crippen LogP contribution in [0.15, 0.2) is 54.9 Å². The molecular weight excluding hydrogens is 444 g/mol. The Morgan fingerprint density at radius 3 is 2.79 bits per heavy atom. The predicted octanol–water partition coefficient (Wildman–Crippen LogP) is 4.62. The number of benzene rings is 1. The van der Waals surface area contributed by atoms with Gasteiger partial charge in [-0.2, -0.15) is 5.10 Å². The zero-order valence-corrected chi connectivity index (χ0v) is 20.2. The lowest BCUT2D eigenvalue weighted by Gasteiger charge is -2.47. The van der Waals surface area contributed by atoms with Gasteiger partial charge in [0.1, 0.15) is 0 Å². The fourth-order valence-electron chi connectivity index (χ4n) is 4.93. The SMILES string of the molecule is CNCc1ccccc1-c1ccc([C@@H](C)Nc2cnnc3ncc(N4CC5CC(C4)O5)cc23)s1. The molecule has 7 rings (SSSR count). The predicted molar refractivity (Wildman–Crippen MR) is 137 cm³/mol. The zero-order chi connectivity index (χ0) is 23.1. The van der Waals surface area contributed by atoms with Crippen LogP contribution in [0.25, 0.3) is 21.5 Å². The Labute approximate surface area is 203 Å². The van der Waals surface area contributed by atoms with E-state index >= 15 is 0 Å². The lowest BCUT2D eigenvalue weighted by Crippen LogP contribution is -2.57. The second-order valence-corrected chi connectivity index (χ2v) is 10.2. The molecule has 2 bridgehead atoms. The first-order chi connectivity index (χ1) is 16.7. The number of piperidine rings is 1. The van der Waals surface area contributed by atoms with Gasteiger partial charge in [0.05, 0.1) is 42.0 Å². The van der Waals surface area contributed by atoms with Crippen LogP contribution < -0.4 is 15.5 Å². The van der Waals surface area contributed by atoms with Crippen molar-refractivity contribution in [2.75, 3.05) is 30.4 Å². The van der Waals surface area contributed by atoms with Crippen molar-refractivity contribution in [3.05, 3.63) is 65.3 Å². The molecule has 4 aromatic rings. The van der Waals surface area contributed by atoms with Gasteiger partial charge in [-0.05, 0) is 43.3 Å². The average molecular weight is 473 g/mol. The van der Waals surface area contributed by atoms with E-state index < -0.39 is 0 Å². The molecule has 0 spiro atoms. The minimum atomic E-state index is 0.127. The summed E-state index contributed by atoms with van der Waals surface area (Å²) in [5, 5.41) is 16.4. The van der Waals surface area contributed by atoms with Crippen molar-refractivity contribution in [2.45, 2.75) is 38.1 Å². The molecule has 6 heterocycles. The summed E-state index contributed by atoms with van der Waals surface area (Å²) in [6.07, 6.45) is 5.60. The maximum absolute atomic E-state index is 5.80. The summed E-state index contributed by atoms with van der Waals surface area (Å²) in [4.78, 5) is 9.53. The molecule has 3 saturated heterocycles. The first kappa shape index (κ1) is 21.5. The number of hydrogen-bond donors (Lipinski definition) is 2. The molecule has 8 heteroatoms. The number of aromatic nitrogens is 3. The Bertz CT molecular complexity index is 1310. The van der Waals surface area contributed by atoms with E-state index in [1.165, 1.54) is 27.3 Å². The van der Waals surface area contributed by atoms with E-state index in [4.69, 9.17) is 4.74 Å². The minimum Gasteiger partial charge on any atom is -0.376 e. The Morgan fingerprint density at radius 1 is 1.15 bits per heavy atom. The molecule has 0 radical (unpaired) electrons. The van der Waals surface area contributed by atoms with Gasteiger partial charge in [-0.1, -0.05) is 24.3 Å². The van der Waals surface area contributed by atoms with Crippen molar-refractivity contribution in [3.63, 3.8) is 0 Å². The number of morpholine rings is 1. The highest BCUT2D eigenvalue weighted by Gasteiger charge is 2.38. The highest BCUT2D eigenvalue weighted by Crippen LogP contribution is 2.36. The third kappa shape index (κ3) is 4.02. The Balaban J connectivity index is 1.25. The van der Waals surface area contributed by atoms with E-state index in [1.54, 1.807) is 6.20 Å². The third-order valence-electron chi connectivity index (χ3n) is 6.68. The van der Waals surface area contributed by atoms with Gasteiger partial charge in [0.2, 0.25) is 0 Å². The molecule has 0 aliphatic carbocycles. The van der Waals surface area contributed by atoms with Crippen molar-refractivity contribution in [1.82, 2.24) is 20.5 Å². The maximum Gasteiger partial charge on any atom is 0.183 e. The number of fused-ring (bicyclic) bond motifs is 3. The topological polar surface area (TPSA) is 75.2 Å². The molecule has 3 atom stereocenters. The van der Waals surface area contributed by atoms with Crippen LogP contribution in [-0.2, 0) is 11.3 Å². The molecule has 174 valence electrons. The van der Waals surface area contributed by atoms with Gasteiger partial charge < -0.3 is 20.3 Å². The van der Waals surface area contributed by atoms with E-state index in [9.17, 15) is 0 Å². The van der Waals surface area contributed by atoms with Crippen LogP contribution in [-0.4, -0.2) is 47.5 Å². The van der Waals surface area contributed by atoms with Gasteiger partial charge >= 0.3 is 0 Å². The van der Waals surface area contributed by atoms with Crippen LogP contribution >= 0.6 is 11.3 Å². The van der Waals surface area contributed by atoms with Crippen molar-refractivity contribution >= 4 is 33.7 Å². The molecule has 2 unspecified atom stereocenters. The summed E-state index contributed by atoms with van der Waals surface area (Å²) in [6, 6.07) is 15.3. The van der Waals surface area contributed by atoms with Crippen LogP contribution in [0.4, 0.5) is 11.4 Å². The second-order valence-electron chi connectivity index (χ2n) is 9.10. The highest BCUT2D eigenvalue weighted by molar-refractivity contribution is 7.15. The fraction of sp³-hybridized carbons (Fsp3) is 0.346. The molecule has 3 aliphatic heterocycles. The van der Waals surface area contributed by atoms with Gasteiger partial charge in [0.15, 0.2) is 5.65 Å². The number of ether oxygens (including phenoxy) is 1. The Morgan fingerprint density at radius 2 is 1.97 bits per heavy atom. The number of hydrogen-bond acceptors (Lipinski definition) is 8. The van der Waals surface area contributed by atoms with E-state index in [-0.39, 0.29) is 6.04 Å². The smallest absolute Gasteiger partial charge is 0.183 e. The quantitative estimate of drug-likeness (QED) is 0.406. The standard InChI is InChI=1S/C26H28N6OS/c1-16(24-7-8-25(34-24)21-6-4-3-5-17(21)11-27-2)30-23-13-29-31-26-22(23)9-18(12-28-26)32-14-19-10-20(15-32)33-19/h3-9,12-13,16,19-20,27H,10-11,14-15H2,1-2H3,(H,28,30,31)/t16-,19?,20?/m1/s1. The number of pyridine rings is 1. The summed E-state index contributed by atoms with van der Waals surface area (Å²) in [6.45, 7) is 4.89. The van der Waals surface area contributed by atoms with Gasteiger partial charge in [0.25, 0.3) is 0 Å². The zero-order valence-electron chi connectivity index (χ0n) is 19.4. The van der Waals surface area contributed by atoms with Gasteiger partial charge in [-0.3, -0.25) is 0 Å². The normalized spacial score (nSPS) is 20.2. The van der Waals surface area contributed by atoms with Crippen LogP contribution in [0.5, 0.6) is 0 Å². The van der Waals surface area contributed by atoms with Crippen molar-refractivity contribution in [3.8, 4) is 10.4 Å². The lowest BCUT2D eigenvalue weighted by atomic mass is 9.98. The summed E-state index contributed by atoms with van der Waals surface area (Å²) < 4.78 is 5.80. The summed E-state index contributed by atoms with van der Waals surface area (Å²) >= 11 is 1.83. The molecule has 34 heavy (non-hydrogen) atoms. The van der Waals surface area contributed by atoms with Crippen LogP contribution in [0.3, 0.4) is 0 Å². The molecule has 7 nitrogen and oxygen atoms in total. The van der Waals surface area contributed by atoms with Gasteiger partial charge in [-0.25, -0.2) is 4.98 Å². The van der Waals surface area contributed by atoms with Gasteiger partial charge in [-0.15, -0.1) is 16.4 Å². The van der Waals surface area contributed by atoms with Crippen molar-refractivity contribution in [2.24, 2.45) is 0 Å². The molecule has 3 aliphatic rings. The fourth-order valence-corrected chi connectivity index (χ4v) is 6.00. The van der Waals surface area contributed by atoms with Crippen molar-refractivity contribution < 1.29 is 4.74 Å². The molecular formula is C26H28N6OS. The Kier molecular flexibility index (Phi) is 5.64. The van der Waals surface area contributed by atoms with E-state index in [1.807, 2.05) is 24.6 Å². The largest absolute Gasteiger partial charge is 0.376 e. The summed E-state index contributed by atoms with van der Waals surface area (Å²) in [7, 11) is 1.98. The average Bonchev–Trinajstić information content (AvgIpc) is 3.35. The molecule has 1 aromatic carbocycles. The first-order valence-electron chi connectivity index (χ1n) is 11.8. The monoisotopic (exact) mass is 472 g/mol. The summed E-state index contributed by atoms with van der Waals surface area (Å²) in [5.41, 5.74) is 5.33. The van der Waals surface area contributed by atoms with Crippen LogP contribution in [0, 0.1) is 0 Å². The molecule has 3 aromatic heterocycles. The second kappa shape index (κ2) is 8.94. The molecule has 3 fully saturated rings. The Hall–Kier alpha value is -3.07. The van der Waals surface area contributed by atoms with E-state index in [2.05, 4.69) is 80.1 Å². The molecule has 0 amide bonds. The minimum absolute atomic E-state index is 0.127. The molecule has 2 N–H and O–H groups in total. The van der Waals surface area contributed by atoms with Crippen LogP contribution in [0.2, 0.25) is 0 Å². The summed E-state index contributed by atoms with van der Waals surface area (Å²) in [5.74, 6) is 0. The number of thiophene rings is 1. The maximum atomic E-state index is 5.80. The number of nitrogens with one attached hydrogen (secondary N) is 2. The lowest BCUT2D eigenvalue weighted by molar-refractivity contribution is -0.133. The highest BCUT2D eigenvalue weighted by atomic mass is 32.1. The number of anilines is 2. The molecule has 0 saturated carbocycles. The van der Waals surface area contributed by atoms with E-state index in [0.29, 0.717) is 17.9 Å². The van der Waals surface area contributed by atoms with Gasteiger partial charge in [0, 0.05) is 41.2 Å². The first-order valence-corrected chi connectivity index (χ1v) is 12.6. The van der Waals surface area contributed by atoms with E-state index in [0.717, 1.165) is 36.4 Å². The van der Waals surface area contributed by atoms with Crippen molar-refractivity contribution in [1.29, 1.82) is 0 Å². The number of nitrogens with zero attached hydrogens (tertiary/aromatic N) is 4. The number of rotatable bonds is 7.